The van der Waals surface area contributed by atoms with Crippen LogP contribution in [0, 0.1) is 15.9 Å². The van der Waals surface area contributed by atoms with Gasteiger partial charge in [0, 0.05) is 17.7 Å². The molecule has 3 rings (SSSR count). The van der Waals surface area contributed by atoms with Gasteiger partial charge in [-0.05, 0) is 48.9 Å². The Morgan fingerprint density at radius 2 is 1.89 bits per heavy atom. The Hall–Kier alpha value is -3.06. The first-order chi connectivity index (χ1) is 13.5. The fourth-order valence-electron chi connectivity index (χ4n) is 3.31. The summed E-state index contributed by atoms with van der Waals surface area (Å²) >= 11 is 0. The van der Waals surface area contributed by atoms with Crippen LogP contribution in [0.3, 0.4) is 0 Å². The van der Waals surface area contributed by atoms with Gasteiger partial charge in [-0.3, -0.25) is 14.9 Å². The first-order valence-electron chi connectivity index (χ1n) is 9.33. The van der Waals surface area contributed by atoms with Gasteiger partial charge in [0.15, 0.2) is 5.78 Å². The number of piperazine rings is 1. The number of likely N-dealkylation sites (N-methyl/N-ethyl adjacent to an activating group) is 1. The van der Waals surface area contributed by atoms with Gasteiger partial charge in [-0.15, -0.1) is 0 Å². The molecule has 0 bridgehead atoms. The Bertz CT molecular complexity index is 888. The highest BCUT2D eigenvalue weighted by Gasteiger charge is 2.21. The lowest BCUT2D eigenvalue weighted by atomic mass is 10.1. The first-order valence-corrected chi connectivity index (χ1v) is 9.33. The number of hydrogen-bond acceptors (Lipinski definition) is 4. The minimum absolute atomic E-state index is 0.0116. The second kappa shape index (κ2) is 8.75. The normalized spacial score (nSPS) is 15.1. The van der Waals surface area contributed by atoms with Crippen LogP contribution in [-0.2, 0) is 0 Å². The summed E-state index contributed by atoms with van der Waals surface area (Å²) in [5.41, 5.74) is 1.46. The van der Waals surface area contributed by atoms with Crippen LogP contribution in [-0.4, -0.2) is 43.4 Å². The fourth-order valence-corrected chi connectivity index (χ4v) is 3.31. The van der Waals surface area contributed by atoms with Gasteiger partial charge in [0.25, 0.3) is 5.69 Å². The number of nitro benzene ring substituents is 1. The number of anilines is 1. The molecule has 0 amide bonds. The van der Waals surface area contributed by atoms with Gasteiger partial charge in [-0.1, -0.05) is 6.08 Å². The number of hydrogen-bond donors (Lipinski definition) is 1. The lowest BCUT2D eigenvalue weighted by molar-refractivity contribution is -0.898. The van der Waals surface area contributed by atoms with Gasteiger partial charge in [0.1, 0.15) is 5.82 Å². The van der Waals surface area contributed by atoms with Crippen molar-refractivity contribution in [2.45, 2.75) is 6.92 Å². The molecular formula is C21H23FN3O3+. The third-order valence-electron chi connectivity index (χ3n) is 5.07. The number of allylic oxidation sites excluding steroid dienone is 1. The second-order valence-electron chi connectivity index (χ2n) is 6.80. The van der Waals surface area contributed by atoms with Crippen LogP contribution in [0.5, 0.6) is 0 Å². The summed E-state index contributed by atoms with van der Waals surface area (Å²) in [6, 6.07) is 10.4. The number of non-ortho nitro benzene ring substituents is 1. The van der Waals surface area contributed by atoms with E-state index in [1.165, 1.54) is 29.2 Å². The molecule has 1 heterocycles. The summed E-state index contributed by atoms with van der Waals surface area (Å²) in [6.07, 6.45) is 2.91. The maximum absolute atomic E-state index is 14.6. The van der Waals surface area contributed by atoms with Crippen molar-refractivity contribution in [3.05, 3.63) is 75.6 Å². The quantitative estimate of drug-likeness (QED) is 0.359. The number of quaternary nitrogens is 1. The zero-order valence-electron chi connectivity index (χ0n) is 15.7. The van der Waals surface area contributed by atoms with Crippen LogP contribution in [0.2, 0.25) is 0 Å². The second-order valence-corrected chi connectivity index (χ2v) is 6.80. The predicted molar refractivity (Wildman–Crippen MR) is 106 cm³/mol. The highest BCUT2D eigenvalue weighted by molar-refractivity contribution is 6.07. The molecular weight excluding hydrogens is 361 g/mol. The molecule has 28 heavy (non-hydrogen) atoms. The van der Waals surface area contributed by atoms with Crippen molar-refractivity contribution in [2.75, 3.05) is 37.6 Å². The molecule has 0 atom stereocenters. The van der Waals surface area contributed by atoms with E-state index in [-0.39, 0.29) is 17.0 Å². The minimum atomic E-state index is -0.480. The third kappa shape index (κ3) is 4.61. The summed E-state index contributed by atoms with van der Waals surface area (Å²) < 4.78 is 14.6. The number of nitro groups is 1. The van der Waals surface area contributed by atoms with Gasteiger partial charge in [-0.2, -0.15) is 0 Å². The predicted octanol–water partition coefficient (Wildman–Crippen LogP) is 2.35. The molecule has 1 aliphatic heterocycles. The monoisotopic (exact) mass is 384 g/mol. The molecule has 0 radical (unpaired) electrons. The average Bonchev–Trinajstić information content (AvgIpc) is 2.72. The Balaban J connectivity index is 1.67. The number of nitrogens with zero attached hydrogens (tertiary/aromatic N) is 2. The van der Waals surface area contributed by atoms with E-state index < -0.39 is 10.7 Å². The average molecular weight is 384 g/mol. The van der Waals surface area contributed by atoms with Crippen LogP contribution < -0.4 is 9.80 Å². The SMILES string of the molecule is CC[NH+]1CCN(c2ccc(C(=O)/C=C/c3ccc([N+](=O)[O-])cc3)cc2F)CC1. The van der Waals surface area contributed by atoms with Crippen molar-refractivity contribution in [1.29, 1.82) is 0 Å². The van der Waals surface area contributed by atoms with E-state index in [9.17, 15) is 19.3 Å². The molecule has 0 saturated carbocycles. The summed E-state index contributed by atoms with van der Waals surface area (Å²) in [7, 11) is 0. The van der Waals surface area contributed by atoms with Crippen molar-refractivity contribution in [2.24, 2.45) is 0 Å². The van der Waals surface area contributed by atoms with E-state index in [1.54, 1.807) is 30.3 Å². The number of benzene rings is 2. The number of carbonyl (C=O) groups is 1. The van der Waals surface area contributed by atoms with E-state index in [4.69, 9.17) is 0 Å². The van der Waals surface area contributed by atoms with Gasteiger partial charge in [0.05, 0.1) is 43.3 Å². The van der Waals surface area contributed by atoms with Crippen LogP contribution >= 0.6 is 0 Å². The van der Waals surface area contributed by atoms with Gasteiger partial charge in [-0.25, -0.2) is 4.39 Å². The number of nitrogens with one attached hydrogen (secondary N) is 1. The van der Waals surface area contributed by atoms with E-state index in [0.29, 0.717) is 11.3 Å². The topological polar surface area (TPSA) is 67.9 Å². The molecule has 1 aliphatic rings. The number of carbonyl (C=O) groups excluding carboxylic acids is 1. The standard InChI is InChI=1S/C21H22FN3O3/c1-2-23-11-13-24(14-12-23)20-9-6-17(15-19(20)22)21(26)10-5-16-3-7-18(8-4-16)25(27)28/h3-10,15H,2,11-14H2,1H3/p+1/b10-5+. The molecule has 1 N–H and O–H groups in total. The van der Waals surface area contributed by atoms with Crippen LogP contribution in [0.25, 0.3) is 6.08 Å². The zero-order chi connectivity index (χ0) is 20.1. The van der Waals surface area contributed by atoms with Crippen molar-refractivity contribution in [3.63, 3.8) is 0 Å². The minimum Gasteiger partial charge on any atom is -0.358 e. The number of rotatable bonds is 6. The van der Waals surface area contributed by atoms with Crippen LogP contribution in [0.1, 0.15) is 22.8 Å². The van der Waals surface area contributed by atoms with Gasteiger partial charge >= 0.3 is 0 Å². The first kappa shape index (κ1) is 19.7. The molecule has 2 aromatic carbocycles. The van der Waals surface area contributed by atoms with Gasteiger partial charge in [0.2, 0.25) is 0 Å². The van der Waals surface area contributed by atoms with Crippen LogP contribution in [0.4, 0.5) is 15.8 Å². The molecule has 0 unspecified atom stereocenters. The molecule has 0 aromatic heterocycles. The van der Waals surface area contributed by atoms with E-state index in [1.807, 2.05) is 4.90 Å². The summed E-state index contributed by atoms with van der Waals surface area (Å²) in [6.45, 7) is 6.78. The molecule has 1 saturated heterocycles. The molecule has 2 aromatic rings. The summed E-state index contributed by atoms with van der Waals surface area (Å²) in [4.78, 5) is 26.1. The summed E-state index contributed by atoms with van der Waals surface area (Å²) in [5.74, 6) is -0.710. The third-order valence-corrected chi connectivity index (χ3v) is 5.07. The lowest BCUT2D eigenvalue weighted by Gasteiger charge is -2.33. The Labute approximate surface area is 163 Å². The Kier molecular flexibility index (Phi) is 6.16. The number of ketones is 1. The van der Waals surface area contributed by atoms with E-state index in [2.05, 4.69) is 6.92 Å². The summed E-state index contributed by atoms with van der Waals surface area (Å²) in [5, 5.41) is 10.7. The van der Waals surface area contributed by atoms with Crippen LogP contribution in [0.15, 0.2) is 48.5 Å². The molecule has 0 aliphatic carbocycles. The van der Waals surface area contributed by atoms with Crippen molar-refractivity contribution >= 4 is 23.2 Å². The molecule has 0 spiro atoms. The maximum Gasteiger partial charge on any atom is 0.269 e. The molecule has 146 valence electrons. The smallest absolute Gasteiger partial charge is 0.269 e. The molecule has 1 fully saturated rings. The molecule has 6 nitrogen and oxygen atoms in total. The maximum atomic E-state index is 14.6. The lowest BCUT2D eigenvalue weighted by Crippen LogP contribution is -3.14. The number of halogens is 1. The highest BCUT2D eigenvalue weighted by atomic mass is 19.1. The van der Waals surface area contributed by atoms with E-state index >= 15 is 0 Å². The van der Waals surface area contributed by atoms with Gasteiger partial charge < -0.3 is 9.80 Å². The molecule has 7 heteroatoms. The van der Waals surface area contributed by atoms with E-state index in [0.717, 1.165) is 32.7 Å². The zero-order valence-corrected chi connectivity index (χ0v) is 15.7. The van der Waals surface area contributed by atoms with Crippen molar-refractivity contribution in [3.8, 4) is 0 Å². The fraction of sp³-hybridized carbons (Fsp3) is 0.286. The van der Waals surface area contributed by atoms with Crippen molar-refractivity contribution in [1.82, 2.24) is 0 Å². The van der Waals surface area contributed by atoms with Crippen molar-refractivity contribution < 1.29 is 19.0 Å². The Morgan fingerprint density at radius 3 is 2.46 bits per heavy atom. The largest absolute Gasteiger partial charge is 0.358 e. The highest BCUT2D eigenvalue weighted by Crippen LogP contribution is 2.21. The Morgan fingerprint density at radius 1 is 1.21 bits per heavy atom.